The minimum atomic E-state index is 0.476. The zero-order chi connectivity index (χ0) is 19.3. The molecular formula is C21H27N7. The molecule has 1 unspecified atom stereocenters. The lowest BCUT2D eigenvalue weighted by Gasteiger charge is -2.25. The first-order valence-corrected chi connectivity index (χ1v) is 9.91. The van der Waals surface area contributed by atoms with Crippen LogP contribution < -0.4 is 15.5 Å². The van der Waals surface area contributed by atoms with Crippen molar-refractivity contribution < 1.29 is 0 Å². The summed E-state index contributed by atoms with van der Waals surface area (Å²) in [5, 5.41) is 15.2. The van der Waals surface area contributed by atoms with Gasteiger partial charge in [0, 0.05) is 37.6 Å². The number of hydrogen-bond acceptors (Lipinski definition) is 4. The van der Waals surface area contributed by atoms with Gasteiger partial charge in [-0.15, -0.1) is 10.2 Å². The van der Waals surface area contributed by atoms with E-state index in [2.05, 4.69) is 68.8 Å². The van der Waals surface area contributed by atoms with E-state index in [9.17, 15) is 0 Å². The van der Waals surface area contributed by atoms with E-state index < -0.39 is 0 Å². The van der Waals surface area contributed by atoms with Crippen LogP contribution in [0.1, 0.15) is 25.2 Å². The predicted octanol–water partition coefficient (Wildman–Crippen LogP) is 2.24. The fourth-order valence-corrected chi connectivity index (χ4v) is 3.76. The Morgan fingerprint density at radius 3 is 2.89 bits per heavy atom. The van der Waals surface area contributed by atoms with Gasteiger partial charge in [-0.3, -0.25) is 4.40 Å². The van der Waals surface area contributed by atoms with Gasteiger partial charge in [0.25, 0.3) is 0 Å². The van der Waals surface area contributed by atoms with Gasteiger partial charge < -0.3 is 15.5 Å². The summed E-state index contributed by atoms with van der Waals surface area (Å²) >= 11 is 0. The van der Waals surface area contributed by atoms with E-state index in [1.54, 1.807) is 0 Å². The number of benzene rings is 1. The third kappa shape index (κ3) is 3.78. The fourth-order valence-electron chi connectivity index (χ4n) is 3.76. The second-order valence-corrected chi connectivity index (χ2v) is 7.04. The molecule has 0 spiro atoms. The van der Waals surface area contributed by atoms with Crippen molar-refractivity contribution >= 4 is 17.3 Å². The van der Waals surface area contributed by atoms with Gasteiger partial charge in [-0.25, -0.2) is 4.99 Å². The smallest absolute Gasteiger partial charge is 0.191 e. The predicted molar refractivity (Wildman–Crippen MR) is 113 cm³/mol. The molecule has 7 heteroatoms. The molecule has 3 heterocycles. The molecular weight excluding hydrogens is 350 g/mol. The van der Waals surface area contributed by atoms with E-state index in [0.29, 0.717) is 12.6 Å². The highest BCUT2D eigenvalue weighted by atomic mass is 15.3. The largest absolute Gasteiger partial charge is 0.367 e. The Kier molecular flexibility index (Phi) is 5.41. The lowest BCUT2D eigenvalue weighted by atomic mass is 10.1. The quantitative estimate of drug-likeness (QED) is 0.509. The molecule has 0 amide bonds. The summed E-state index contributed by atoms with van der Waals surface area (Å²) in [5.74, 6) is 1.63. The molecule has 0 saturated heterocycles. The second-order valence-electron chi connectivity index (χ2n) is 7.04. The lowest BCUT2D eigenvalue weighted by molar-refractivity contribution is 0.656. The number of rotatable bonds is 6. The number of fused-ring (bicyclic) bond motifs is 2. The Hall–Kier alpha value is -3.09. The van der Waals surface area contributed by atoms with Crippen LogP contribution in [0, 0.1) is 0 Å². The normalized spacial score (nSPS) is 16.4. The minimum absolute atomic E-state index is 0.476. The molecule has 0 aliphatic carbocycles. The lowest BCUT2D eigenvalue weighted by Crippen LogP contribution is -2.42. The summed E-state index contributed by atoms with van der Waals surface area (Å²) in [4.78, 5) is 7.16. The van der Waals surface area contributed by atoms with Crippen LogP contribution in [0.25, 0.3) is 5.65 Å². The van der Waals surface area contributed by atoms with Gasteiger partial charge in [-0.2, -0.15) is 0 Å². The van der Waals surface area contributed by atoms with E-state index in [1.165, 1.54) is 11.3 Å². The van der Waals surface area contributed by atoms with Crippen LogP contribution in [0.2, 0.25) is 0 Å². The highest BCUT2D eigenvalue weighted by Crippen LogP contribution is 2.31. The first-order chi connectivity index (χ1) is 13.8. The van der Waals surface area contributed by atoms with E-state index in [4.69, 9.17) is 0 Å². The van der Waals surface area contributed by atoms with Gasteiger partial charge in [-0.1, -0.05) is 24.3 Å². The maximum atomic E-state index is 4.69. The number of nitrogens with zero attached hydrogens (tertiary/aromatic N) is 5. The Balaban J connectivity index is 1.38. The van der Waals surface area contributed by atoms with Crippen molar-refractivity contribution in [3.05, 3.63) is 60.0 Å². The molecule has 1 aliphatic rings. The molecule has 1 aromatic carbocycles. The zero-order valence-corrected chi connectivity index (χ0v) is 16.5. The number of aliphatic imine (C=N–C) groups is 1. The molecule has 3 aromatic rings. The standard InChI is InChI=1S/C21H27N7/c1-3-22-21(24-15-20-26-25-19-10-6-7-12-28(19)20)23-11-13-27-16(2)14-17-8-4-5-9-18(17)27/h4-10,12,16H,3,11,13-15H2,1-2H3,(H2,22,23,24). The number of para-hydroxylation sites is 1. The number of nitrogens with one attached hydrogen (secondary N) is 2. The van der Waals surface area contributed by atoms with Crippen molar-refractivity contribution in [2.45, 2.75) is 32.9 Å². The van der Waals surface area contributed by atoms with Gasteiger partial charge >= 0.3 is 0 Å². The second kappa shape index (κ2) is 8.29. The summed E-state index contributed by atoms with van der Waals surface area (Å²) in [7, 11) is 0. The molecule has 7 nitrogen and oxygen atoms in total. The number of anilines is 1. The monoisotopic (exact) mass is 377 g/mol. The van der Waals surface area contributed by atoms with Crippen molar-refractivity contribution in [1.82, 2.24) is 25.2 Å². The Morgan fingerprint density at radius 1 is 1.14 bits per heavy atom. The SMILES string of the molecule is CCNC(=NCc1nnc2ccccn12)NCCN1c2ccccc2CC1C. The van der Waals surface area contributed by atoms with Crippen LogP contribution in [0.15, 0.2) is 53.7 Å². The minimum Gasteiger partial charge on any atom is -0.367 e. The molecule has 1 aliphatic heterocycles. The number of aromatic nitrogens is 3. The summed E-state index contributed by atoms with van der Waals surface area (Å²) in [6, 6.07) is 15.1. The number of guanidine groups is 1. The average Bonchev–Trinajstić information content (AvgIpc) is 3.27. The van der Waals surface area contributed by atoms with Crippen LogP contribution in [0.4, 0.5) is 5.69 Å². The van der Waals surface area contributed by atoms with Crippen LogP contribution in [-0.4, -0.2) is 46.2 Å². The highest BCUT2D eigenvalue weighted by Gasteiger charge is 2.24. The van der Waals surface area contributed by atoms with Crippen molar-refractivity contribution in [2.24, 2.45) is 4.99 Å². The molecule has 0 fully saturated rings. The van der Waals surface area contributed by atoms with Crippen molar-refractivity contribution in [3.8, 4) is 0 Å². The molecule has 4 rings (SSSR count). The Morgan fingerprint density at radius 2 is 2.00 bits per heavy atom. The molecule has 0 saturated carbocycles. The van der Waals surface area contributed by atoms with Crippen LogP contribution >= 0.6 is 0 Å². The number of hydrogen-bond donors (Lipinski definition) is 2. The maximum absolute atomic E-state index is 4.69. The maximum Gasteiger partial charge on any atom is 0.191 e. The van der Waals surface area contributed by atoms with Gasteiger partial charge in [-0.05, 0) is 44.0 Å². The summed E-state index contributed by atoms with van der Waals surface area (Å²) in [6.45, 7) is 7.42. The topological polar surface area (TPSA) is 69.8 Å². The van der Waals surface area contributed by atoms with E-state index in [1.807, 2.05) is 28.8 Å². The van der Waals surface area contributed by atoms with Gasteiger partial charge in [0.2, 0.25) is 0 Å². The zero-order valence-electron chi connectivity index (χ0n) is 16.5. The van der Waals surface area contributed by atoms with Gasteiger partial charge in [0.1, 0.15) is 6.54 Å². The first kappa shape index (κ1) is 18.3. The summed E-state index contributed by atoms with van der Waals surface area (Å²) in [6.07, 6.45) is 3.08. The fraction of sp³-hybridized carbons (Fsp3) is 0.381. The van der Waals surface area contributed by atoms with Crippen molar-refractivity contribution in [1.29, 1.82) is 0 Å². The Labute approximate surface area is 165 Å². The van der Waals surface area contributed by atoms with E-state index in [-0.39, 0.29) is 0 Å². The van der Waals surface area contributed by atoms with E-state index in [0.717, 1.165) is 43.5 Å². The molecule has 28 heavy (non-hydrogen) atoms. The number of pyridine rings is 1. The van der Waals surface area contributed by atoms with Crippen molar-refractivity contribution in [3.63, 3.8) is 0 Å². The molecule has 1 atom stereocenters. The van der Waals surface area contributed by atoms with Crippen molar-refractivity contribution in [2.75, 3.05) is 24.5 Å². The first-order valence-electron chi connectivity index (χ1n) is 9.91. The van der Waals surface area contributed by atoms with Crippen LogP contribution in [0.5, 0.6) is 0 Å². The summed E-state index contributed by atoms with van der Waals surface area (Å²) < 4.78 is 1.97. The molecule has 2 aromatic heterocycles. The van der Waals surface area contributed by atoms with Gasteiger partial charge in [0.15, 0.2) is 17.4 Å². The highest BCUT2D eigenvalue weighted by molar-refractivity contribution is 5.79. The Bertz CT molecular complexity index is 962. The van der Waals surface area contributed by atoms with E-state index >= 15 is 0 Å². The average molecular weight is 377 g/mol. The molecule has 0 bridgehead atoms. The molecule has 2 N–H and O–H groups in total. The third-order valence-corrected chi connectivity index (χ3v) is 5.10. The van der Waals surface area contributed by atoms with Crippen LogP contribution in [0.3, 0.4) is 0 Å². The van der Waals surface area contributed by atoms with Gasteiger partial charge in [0.05, 0.1) is 0 Å². The summed E-state index contributed by atoms with van der Waals surface area (Å²) in [5.41, 5.74) is 3.63. The molecule has 0 radical (unpaired) electrons. The third-order valence-electron chi connectivity index (χ3n) is 5.10. The van der Waals surface area contributed by atoms with Crippen LogP contribution in [-0.2, 0) is 13.0 Å². The molecule has 146 valence electrons.